The first-order chi connectivity index (χ1) is 13.0. The van der Waals surface area contributed by atoms with Crippen LogP contribution in [-0.2, 0) is 4.74 Å². The molecule has 0 saturated carbocycles. The molecule has 0 spiro atoms. The van der Waals surface area contributed by atoms with Crippen LogP contribution < -0.4 is 9.75 Å². The van der Waals surface area contributed by atoms with Gasteiger partial charge in [0.1, 0.15) is 24.0 Å². The van der Waals surface area contributed by atoms with Gasteiger partial charge in [-0.3, -0.25) is 0 Å². The molecule has 138 valence electrons. The smallest absolute Gasteiger partial charge is 0.239 e. The van der Waals surface area contributed by atoms with Crippen LogP contribution in [0.15, 0.2) is 47.8 Å². The maximum Gasteiger partial charge on any atom is 0.239 e. The molecule has 0 aliphatic carbocycles. The zero-order valence-corrected chi connectivity index (χ0v) is 15.4. The SMILES string of the molecule is COc1cc(C2=NN(c3ncnc4cc(F)ccc34)CC(C)O2)ccc1Cl. The number of halogens is 2. The Morgan fingerprint density at radius 1 is 1.22 bits per heavy atom. The van der Waals surface area contributed by atoms with E-state index in [0.717, 1.165) is 5.56 Å². The zero-order valence-electron chi connectivity index (χ0n) is 14.7. The van der Waals surface area contributed by atoms with Gasteiger partial charge in [-0.15, -0.1) is 5.10 Å². The van der Waals surface area contributed by atoms with Crippen molar-refractivity contribution in [2.75, 3.05) is 18.7 Å². The summed E-state index contributed by atoms with van der Waals surface area (Å²) in [6.45, 7) is 2.44. The number of ether oxygens (including phenoxy) is 2. The Balaban J connectivity index is 1.79. The van der Waals surface area contributed by atoms with Crippen molar-refractivity contribution in [2.45, 2.75) is 13.0 Å². The van der Waals surface area contributed by atoms with Crippen LogP contribution >= 0.6 is 11.6 Å². The predicted octanol–water partition coefficient (Wildman–Crippen LogP) is 4.02. The van der Waals surface area contributed by atoms with E-state index in [0.29, 0.717) is 39.9 Å². The summed E-state index contributed by atoms with van der Waals surface area (Å²) in [5, 5.41) is 7.56. The van der Waals surface area contributed by atoms with E-state index in [1.807, 2.05) is 13.0 Å². The third kappa shape index (κ3) is 3.38. The van der Waals surface area contributed by atoms with Gasteiger partial charge in [0.05, 0.1) is 24.2 Å². The van der Waals surface area contributed by atoms with Gasteiger partial charge in [-0.25, -0.2) is 19.4 Å². The molecule has 0 amide bonds. The number of benzene rings is 2. The van der Waals surface area contributed by atoms with Crippen molar-refractivity contribution in [3.63, 3.8) is 0 Å². The summed E-state index contributed by atoms with van der Waals surface area (Å²) in [7, 11) is 1.55. The van der Waals surface area contributed by atoms with Gasteiger partial charge in [0.25, 0.3) is 0 Å². The number of nitrogens with zero attached hydrogens (tertiary/aromatic N) is 4. The second-order valence-corrected chi connectivity index (χ2v) is 6.53. The Morgan fingerprint density at radius 2 is 2.07 bits per heavy atom. The molecule has 2 aromatic carbocycles. The standard InChI is InChI=1S/C19H16ClFN4O2/c1-11-9-25(18-14-5-4-13(21)8-16(14)22-10-23-18)24-19(27-11)12-3-6-15(20)17(7-12)26-2/h3-8,10-11H,9H2,1-2H3. The minimum atomic E-state index is -0.347. The van der Waals surface area contributed by atoms with Crippen LogP contribution in [0.1, 0.15) is 12.5 Å². The summed E-state index contributed by atoms with van der Waals surface area (Å²) in [6.07, 6.45) is 1.27. The van der Waals surface area contributed by atoms with Gasteiger partial charge in [0.2, 0.25) is 5.90 Å². The number of aromatic nitrogens is 2. The van der Waals surface area contributed by atoms with Crippen LogP contribution in [0.2, 0.25) is 5.02 Å². The Labute approximate surface area is 160 Å². The fourth-order valence-corrected chi connectivity index (χ4v) is 3.11. The van der Waals surface area contributed by atoms with Gasteiger partial charge < -0.3 is 9.47 Å². The second kappa shape index (κ2) is 7.00. The van der Waals surface area contributed by atoms with Crippen molar-refractivity contribution in [3.8, 4) is 5.75 Å². The van der Waals surface area contributed by atoms with Gasteiger partial charge in [0.15, 0.2) is 5.82 Å². The van der Waals surface area contributed by atoms with Crippen molar-refractivity contribution in [3.05, 3.63) is 59.1 Å². The summed E-state index contributed by atoms with van der Waals surface area (Å²) in [4.78, 5) is 8.49. The molecule has 0 saturated heterocycles. The van der Waals surface area contributed by atoms with Crippen molar-refractivity contribution < 1.29 is 13.9 Å². The van der Waals surface area contributed by atoms with E-state index in [1.54, 1.807) is 30.3 Å². The largest absolute Gasteiger partial charge is 0.495 e. The van der Waals surface area contributed by atoms with Crippen molar-refractivity contribution >= 4 is 34.2 Å². The van der Waals surface area contributed by atoms with Crippen LogP contribution in [0.3, 0.4) is 0 Å². The summed E-state index contributed by atoms with van der Waals surface area (Å²) < 4.78 is 24.7. The molecule has 4 rings (SSSR count). The monoisotopic (exact) mass is 386 g/mol. The Bertz CT molecular complexity index is 1040. The van der Waals surface area contributed by atoms with Crippen LogP contribution in [-0.4, -0.2) is 35.6 Å². The number of anilines is 1. The summed E-state index contributed by atoms with van der Waals surface area (Å²) in [5.41, 5.74) is 1.25. The Morgan fingerprint density at radius 3 is 2.89 bits per heavy atom. The first-order valence-corrected chi connectivity index (χ1v) is 8.70. The number of rotatable bonds is 3. The normalized spacial score (nSPS) is 16.8. The van der Waals surface area contributed by atoms with E-state index >= 15 is 0 Å². The van der Waals surface area contributed by atoms with Crippen LogP contribution in [0.25, 0.3) is 10.9 Å². The number of hydrogen-bond acceptors (Lipinski definition) is 6. The highest BCUT2D eigenvalue weighted by Crippen LogP contribution is 2.29. The molecule has 2 heterocycles. The fraction of sp³-hybridized carbons (Fsp3) is 0.211. The molecule has 0 fully saturated rings. The lowest BCUT2D eigenvalue weighted by Crippen LogP contribution is -2.37. The minimum absolute atomic E-state index is 0.135. The molecule has 1 aliphatic heterocycles. The van der Waals surface area contributed by atoms with Crippen molar-refractivity contribution in [1.82, 2.24) is 9.97 Å². The minimum Gasteiger partial charge on any atom is -0.495 e. The Kier molecular flexibility index (Phi) is 4.53. The quantitative estimate of drug-likeness (QED) is 0.680. The van der Waals surface area contributed by atoms with Gasteiger partial charge >= 0.3 is 0 Å². The van der Waals surface area contributed by atoms with Crippen LogP contribution in [0, 0.1) is 5.82 Å². The highest BCUT2D eigenvalue weighted by molar-refractivity contribution is 6.32. The molecule has 27 heavy (non-hydrogen) atoms. The topological polar surface area (TPSA) is 59.8 Å². The van der Waals surface area contributed by atoms with E-state index in [4.69, 9.17) is 21.1 Å². The van der Waals surface area contributed by atoms with E-state index in [2.05, 4.69) is 15.1 Å². The maximum atomic E-state index is 13.5. The fourth-order valence-electron chi connectivity index (χ4n) is 2.92. The van der Waals surface area contributed by atoms with Gasteiger partial charge in [-0.05, 0) is 37.3 Å². The molecule has 0 radical (unpaired) electrons. The van der Waals surface area contributed by atoms with Crippen molar-refractivity contribution in [1.29, 1.82) is 0 Å². The average Bonchev–Trinajstić information content (AvgIpc) is 2.67. The number of methoxy groups -OCH3 is 1. The number of fused-ring (bicyclic) bond motifs is 1. The predicted molar refractivity (Wildman–Crippen MR) is 102 cm³/mol. The van der Waals surface area contributed by atoms with Gasteiger partial charge in [0, 0.05) is 17.0 Å². The lowest BCUT2D eigenvalue weighted by atomic mass is 10.2. The highest BCUT2D eigenvalue weighted by atomic mass is 35.5. The molecule has 3 aromatic rings. The van der Waals surface area contributed by atoms with Gasteiger partial charge in [-0.2, -0.15) is 0 Å². The summed E-state index contributed by atoms with van der Waals surface area (Å²) in [6, 6.07) is 9.72. The molecule has 1 aromatic heterocycles. The zero-order chi connectivity index (χ0) is 19.0. The molecule has 1 aliphatic rings. The molecule has 0 bridgehead atoms. The van der Waals surface area contributed by atoms with E-state index in [9.17, 15) is 4.39 Å². The van der Waals surface area contributed by atoms with E-state index < -0.39 is 0 Å². The Hall–Kier alpha value is -2.93. The lowest BCUT2D eigenvalue weighted by molar-refractivity contribution is 0.198. The van der Waals surface area contributed by atoms with Crippen LogP contribution in [0.4, 0.5) is 10.2 Å². The maximum absolute atomic E-state index is 13.5. The molecule has 1 unspecified atom stereocenters. The van der Waals surface area contributed by atoms with Crippen molar-refractivity contribution in [2.24, 2.45) is 5.10 Å². The third-order valence-electron chi connectivity index (χ3n) is 4.17. The molecular formula is C19H16ClFN4O2. The van der Waals surface area contributed by atoms with Crippen LogP contribution in [0.5, 0.6) is 5.75 Å². The molecule has 1 atom stereocenters. The second-order valence-electron chi connectivity index (χ2n) is 6.12. The molecule has 8 heteroatoms. The summed E-state index contributed by atoms with van der Waals surface area (Å²) in [5.74, 6) is 1.21. The number of hydrazone groups is 1. The third-order valence-corrected chi connectivity index (χ3v) is 4.49. The molecular weight excluding hydrogens is 371 g/mol. The lowest BCUT2D eigenvalue weighted by Gasteiger charge is -2.29. The highest BCUT2D eigenvalue weighted by Gasteiger charge is 2.24. The summed E-state index contributed by atoms with van der Waals surface area (Å²) >= 11 is 6.10. The first kappa shape index (κ1) is 17.5. The van der Waals surface area contributed by atoms with E-state index in [-0.39, 0.29) is 11.9 Å². The molecule has 6 nitrogen and oxygen atoms in total. The first-order valence-electron chi connectivity index (χ1n) is 8.32. The van der Waals surface area contributed by atoms with Gasteiger partial charge in [-0.1, -0.05) is 11.6 Å². The molecule has 0 N–H and O–H groups in total. The van der Waals surface area contributed by atoms with E-state index in [1.165, 1.54) is 18.5 Å². The number of hydrogen-bond donors (Lipinski definition) is 0. The average molecular weight is 387 g/mol.